The Morgan fingerprint density at radius 3 is 3.00 bits per heavy atom. The highest BCUT2D eigenvalue weighted by Gasteiger charge is 2.21. The molecule has 2 rings (SSSR count). The molecule has 1 atom stereocenters. The second-order valence-electron chi connectivity index (χ2n) is 4.96. The monoisotopic (exact) mass is 251 g/mol. The third-order valence-electron chi connectivity index (χ3n) is 3.57. The Hall–Kier alpha value is -1.33. The van der Waals surface area contributed by atoms with Crippen molar-refractivity contribution in [1.82, 2.24) is 9.47 Å². The number of hydrogen-bond acceptors (Lipinski definition) is 4. The summed E-state index contributed by atoms with van der Waals surface area (Å²) in [5.41, 5.74) is 6.29. The fourth-order valence-corrected chi connectivity index (χ4v) is 2.51. The topological polar surface area (TPSA) is 71.5 Å². The van der Waals surface area contributed by atoms with Gasteiger partial charge in [0, 0.05) is 44.2 Å². The van der Waals surface area contributed by atoms with Gasteiger partial charge in [0.2, 0.25) is 0 Å². The molecule has 1 aromatic heterocycles. The lowest BCUT2D eigenvalue weighted by Gasteiger charge is -2.16. The second-order valence-corrected chi connectivity index (χ2v) is 4.96. The first-order valence-corrected chi connectivity index (χ1v) is 6.48. The number of likely N-dealkylation sites (tertiary alicyclic amines) is 1. The molecule has 0 radical (unpaired) electrons. The molecule has 1 aromatic rings. The number of pyridine rings is 1. The van der Waals surface area contributed by atoms with Crippen molar-refractivity contribution in [2.24, 2.45) is 5.92 Å². The van der Waals surface area contributed by atoms with Gasteiger partial charge in [-0.1, -0.05) is 0 Å². The van der Waals surface area contributed by atoms with E-state index in [0.717, 1.165) is 32.5 Å². The lowest BCUT2D eigenvalue weighted by Crippen LogP contribution is -2.29. The van der Waals surface area contributed by atoms with Crippen LogP contribution in [-0.2, 0) is 6.54 Å². The van der Waals surface area contributed by atoms with Crippen LogP contribution in [0.2, 0.25) is 0 Å². The summed E-state index contributed by atoms with van der Waals surface area (Å²) in [6.45, 7) is 3.90. The maximum absolute atomic E-state index is 11.6. The van der Waals surface area contributed by atoms with Crippen molar-refractivity contribution in [1.29, 1.82) is 0 Å². The quantitative estimate of drug-likeness (QED) is 0.780. The minimum Gasteiger partial charge on any atom is -0.398 e. The number of aromatic nitrogens is 1. The summed E-state index contributed by atoms with van der Waals surface area (Å²) in [5.74, 6) is 0.604. The molecule has 2 heterocycles. The standard InChI is InChI=1S/C13H21N3O2/c14-12-1-2-13(18)16(10-12)7-6-15-5-3-11(9-15)4-8-17/h1-2,10-11,17H,3-9,14H2. The van der Waals surface area contributed by atoms with E-state index in [9.17, 15) is 4.79 Å². The zero-order valence-electron chi connectivity index (χ0n) is 10.6. The van der Waals surface area contributed by atoms with Gasteiger partial charge < -0.3 is 20.3 Å². The second kappa shape index (κ2) is 6.02. The number of anilines is 1. The van der Waals surface area contributed by atoms with Crippen LogP contribution in [0.4, 0.5) is 5.69 Å². The third kappa shape index (κ3) is 3.34. The maximum atomic E-state index is 11.6. The zero-order valence-corrected chi connectivity index (χ0v) is 10.6. The van der Waals surface area contributed by atoms with E-state index in [0.29, 0.717) is 18.2 Å². The highest BCUT2D eigenvalue weighted by molar-refractivity contribution is 5.33. The number of nitrogens with zero attached hydrogens (tertiary/aromatic N) is 2. The highest BCUT2D eigenvalue weighted by Crippen LogP contribution is 2.18. The molecule has 1 saturated heterocycles. The van der Waals surface area contributed by atoms with Crippen LogP contribution in [-0.4, -0.2) is 40.8 Å². The number of hydrogen-bond donors (Lipinski definition) is 2. The minimum absolute atomic E-state index is 0.00435. The zero-order chi connectivity index (χ0) is 13.0. The molecule has 1 fully saturated rings. The van der Waals surface area contributed by atoms with Gasteiger partial charge in [-0.3, -0.25) is 4.79 Å². The lowest BCUT2D eigenvalue weighted by molar-refractivity contribution is 0.249. The van der Waals surface area contributed by atoms with E-state index in [1.54, 1.807) is 16.8 Å². The van der Waals surface area contributed by atoms with Crippen LogP contribution >= 0.6 is 0 Å². The molecule has 1 aliphatic rings. The first-order valence-electron chi connectivity index (χ1n) is 6.48. The summed E-state index contributed by atoms with van der Waals surface area (Å²) in [6.07, 6.45) is 3.73. The fourth-order valence-electron chi connectivity index (χ4n) is 2.51. The number of aliphatic hydroxyl groups is 1. The molecule has 0 bridgehead atoms. The molecule has 0 saturated carbocycles. The van der Waals surface area contributed by atoms with Gasteiger partial charge in [-0.25, -0.2) is 0 Å². The minimum atomic E-state index is -0.00435. The molecule has 0 aromatic carbocycles. The molecule has 5 heteroatoms. The van der Waals surface area contributed by atoms with Crippen LogP contribution in [0.1, 0.15) is 12.8 Å². The average molecular weight is 251 g/mol. The van der Waals surface area contributed by atoms with Crippen molar-refractivity contribution in [3.63, 3.8) is 0 Å². The number of nitrogens with two attached hydrogens (primary N) is 1. The van der Waals surface area contributed by atoms with Crippen molar-refractivity contribution in [3.8, 4) is 0 Å². The van der Waals surface area contributed by atoms with Crippen molar-refractivity contribution in [3.05, 3.63) is 28.7 Å². The lowest BCUT2D eigenvalue weighted by atomic mass is 10.1. The molecule has 0 spiro atoms. The van der Waals surface area contributed by atoms with Crippen LogP contribution in [0.25, 0.3) is 0 Å². The molecule has 1 aliphatic heterocycles. The van der Waals surface area contributed by atoms with Crippen LogP contribution in [0.15, 0.2) is 23.1 Å². The molecule has 5 nitrogen and oxygen atoms in total. The number of nitrogen functional groups attached to an aromatic ring is 1. The summed E-state index contributed by atoms with van der Waals surface area (Å²) in [7, 11) is 0. The van der Waals surface area contributed by atoms with E-state index in [1.807, 2.05) is 0 Å². The maximum Gasteiger partial charge on any atom is 0.250 e. The predicted octanol–water partition coefficient (Wildman–Crippen LogP) is 0.135. The van der Waals surface area contributed by atoms with Gasteiger partial charge in [0.1, 0.15) is 0 Å². The van der Waals surface area contributed by atoms with E-state index < -0.39 is 0 Å². The van der Waals surface area contributed by atoms with Gasteiger partial charge in [-0.05, 0) is 31.4 Å². The summed E-state index contributed by atoms with van der Waals surface area (Å²) in [5, 5.41) is 8.91. The molecule has 3 N–H and O–H groups in total. The van der Waals surface area contributed by atoms with Gasteiger partial charge in [0.25, 0.3) is 5.56 Å². The molecule has 100 valence electrons. The van der Waals surface area contributed by atoms with E-state index in [2.05, 4.69) is 4.90 Å². The molecule has 0 amide bonds. The molecular weight excluding hydrogens is 230 g/mol. The van der Waals surface area contributed by atoms with E-state index in [1.165, 1.54) is 6.07 Å². The Morgan fingerprint density at radius 1 is 1.39 bits per heavy atom. The van der Waals surface area contributed by atoms with Crippen molar-refractivity contribution >= 4 is 5.69 Å². The first kappa shape index (κ1) is 13.1. The summed E-state index contributed by atoms with van der Waals surface area (Å²) in [4.78, 5) is 13.9. The highest BCUT2D eigenvalue weighted by atomic mass is 16.3. The summed E-state index contributed by atoms with van der Waals surface area (Å²) >= 11 is 0. The smallest absolute Gasteiger partial charge is 0.250 e. The van der Waals surface area contributed by atoms with Gasteiger partial charge >= 0.3 is 0 Å². The van der Waals surface area contributed by atoms with Crippen LogP contribution < -0.4 is 11.3 Å². The van der Waals surface area contributed by atoms with Crippen LogP contribution in [0.3, 0.4) is 0 Å². The first-order chi connectivity index (χ1) is 8.69. The molecule has 18 heavy (non-hydrogen) atoms. The normalized spacial score (nSPS) is 20.4. The summed E-state index contributed by atoms with van der Waals surface area (Å²) < 4.78 is 1.66. The molecular formula is C13H21N3O2. The van der Waals surface area contributed by atoms with Gasteiger partial charge in [0.05, 0.1) is 0 Å². The third-order valence-corrected chi connectivity index (χ3v) is 3.57. The van der Waals surface area contributed by atoms with Gasteiger partial charge in [0.15, 0.2) is 0 Å². The SMILES string of the molecule is Nc1ccc(=O)n(CCN2CCC(CCO)C2)c1. The van der Waals surface area contributed by atoms with Crippen molar-refractivity contribution in [2.75, 3.05) is 32.0 Å². The van der Waals surface area contributed by atoms with Crippen LogP contribution in [0.5, 0.6) is 0 Å². The predicted molar refractivity (Wildman–Crippen MR) is 71.4 cm³/mol. The van der Waals surface area contributed by atoms with E-state index in [-0.39, 0.29) is 12.2 Å². The van der Waals surface area contributed by atoms with Crippen molar-refractivity contribution in [2.45, 2.75) is 19.4 Å². The average Bonchev–Trinajstić information content (AvgIpc) is 2.79. The fraction of sp³-hybridized carbons (Fsp3) is 0.615. The van der Waals surface area contributed by atoms with Crippen molar-refractivity contribution < 1.29 is 5.11 Å². The Balaban J connectivity index is 1.85. The van der Waals surface area contributed by atoms with Gasteiger partial charge in [-0.2, -0.15) is 0 Å². The number of aliphatic hydroxyl groups excluding tert-OH is 1. The van der Waals surface area contributed by atoms with E-state index >= 15 is 0 Å². The number of rotatable bonds is 5. The Kier molecular flexibility index (Phi) is 4.38. The van der Waals surface area contributed by atoms with E-state index in [4.69, 9.17) is 10.8 Å². The molecule has 0 aliphatic carbocycles. The molecule has 1 unspecified atom stereocenters. The Bertz CT molecular complexity index is 444. The van der Waals surface area contributed by atoms with Gasteiger partial charge in [-0.15, -0.1) is 0 Å². The Morgan fingerprint density at radius 2 is 2.22 bits per heavy atom. The largest absolute Gasteiger partial charge is 0.398 e. The van der Waals surface area contributed by atoms with Crippen LogP contribution in [0, 0.1) is 5.92 Å². The summed E-state index contributed by atoms with van der Waals surface area (Å²) in [6, 6.07) is 3.14. The Labute approximate surface area is 107 Å².